The minimum Gasteiger partial charge on any atom is -0.394 e. The second-order valence-electron chi connectivity index (χ2n) is 3.46. The van der Waals surface area contributed by atoms with Crippen molar-refractivity contribution in [3.05, 3.63) is 12.7 Å². The molecule has 0 aromatic heterocycles. The second kappa shape index (κ2) is 3.77. The molecule has 76 valence electrons. The van der Waals surface area contributed by atoms with E-state index in [1.807, 2.05) is 0 Å². The van der Waals surface area contributed by atoms with Crippen molar-refractivity contribution in [3.8, 4) is 0 Å². The van der Waals surface area contributed by atoms with E-state index in [0.29, 0.717) is 0 Å². The van der Waals surface area contributed by atoms with Crippen LogP contribution < -0.4 is 4.72 Å². The van der Waals surface area contributed by atoms with Crippen LogP contribution >= 0.6 is 0 Å². The van der Waals surface area contributed by atoms with Gasteiger partial charge in [-0.1, -0.05) is 6.08 Å². The van der Waals surface area contributed by atoms with Crippen LogP contribution in [-0.4, -0.2) is 31.4 Å². The number of rotatable bonds is 5. The van der Waals surface area contributed by atoms with Crippen LogP contribution in [0.25, 0.3) is 0 Å². The van der Waals surface area contributed by atoms with Crippen molar-refractivity contribution in [3.63, 3.8) is 0 Å². The van der Waals surface area contributed by atoms with Crippen LogP contribution in [0.2, 0.25) is 0 Å². The van der Waals surface area contributed by atoms with Gasteiger partial charge in [0, 0.05) is 0 Å². The standard InChI is InChI=1S/C8H15NO3S/c1-2-6-13(11,12)9-8(7-10)4-3-5-8/h2,9-10H,1,3-7H2. The van der Waals surface area contributed by atoms with Crippen LogP contribution in [0.5, 0.6) is 0 Å². The van der Waals surface area contributed by atoms with Gasteiger partial charge in [-0.2, -0.15) is 0 Å². The molecule has 5 heteroatoms. The van der Waals surface area contributed by atoms with Gasteiger partial charge in [-0.05, 0) is 19.3 Å². The molecule has 1 aliphatic rings. The molecule has 1 rings (SSSR count). The molecule has 0 aromatic carbocycles. The topological polar surface area (TPSA) is 66.4 Å². The molecule has 0 radical (unpaired) electrons. The van der Waals surface area contributed by atoms with Crippen LogP contribution in [-0.2, 0) is 10.0 Å². The molecule has 13 heavy (non-hydrogen) atoms. The number of hydrogen-bond donors (Lipinski definition) is 2. The van der Waals surface area contributed by atoms with Crippen molar-refractivity contribution in [2.75, 3.05) is 12.4 Å². The van der Waals surface area contributed by atoms with Crippen LogP contribution in [0.3, 0.4) is 0 Å². The fourth-order valence-electron chi connectivity index (χ4n) is 1.42. The fourth-order valence-corrected chi connectivity index (χ4v) is 2.74. The summed E-state index contributed by atoms with van der Waals surface area (Å²) in [5.41, 5.74) is -0.582. The van der Waals surface area contributed by atoms with Crippen molar-refractivity contribution in [1.82, 2.24) is 4.72 Å². The van der Waals surface area contributed by atoms with Crippen LogP contribution in [0.1, 0.15) is 19.3 Å². The molecule has 0 saturated heterocycles. The van der Waals surface area contributed by atoms with Crippen LogP contribution in [0, 0.1) is 0 Å². The molecule has 0 atom stereocenters. The third kappa shape index (κ3) is 2.52. The third-order valence-electron chi connectivity index (χ3n) is 2.32. The Labute approximate surface area is 78.7 Å². The lowest BCUT2D eigenvalue weighted by molar-refractivity contribution is 0.111. The Morgan fingerprint density at radius 3 is 2.46 bits per heavy atom. The summed E-state index contributed by atoms with van der Waals surface area (Å²) in [6.07, 6.45) is 3.75. The predicted molar refractivity (Wildman–Crippen MR) is 50.8 cm³/mol. The molecular weight excluding hydrogens is 190 g/mol. The lowest BCUT2D eigenvalue weighted by atomic mass is 9.78. The Kier molecular flexibility index (Phi) is 3.10. The van der Waals surface area contributed by atoms with E-state index < -0.39 is 15.6 Å². The van der Waals surface area contributed by atoms with Gasteiger partial charge in [-0.25, -0.2) is 13.1 Å². The second-order valence-corrected chi connectivity index (χ2v) is 5.23. The van der Waals surface area contributed by atoms with Crippen molar-refractivity contribution in [2.24, 2.45) is 0 Å². The van der Waals surface area contributed by atoms with Crippen molar-refractivity contribution in [2.45, 2.75) is 24.8 Å². The maximum atomic E-state index is 11.3. The molecule has 1 saturated carbocycles. The zero-order valence-corrected chi connectivity index (χ0v) is 8.31. The zero-order chi connectivity index (χ0) is 9.95. The lowest BCUT2D eigenvalue weighted by Gasteiger charge is -2.40. The first kappa shape index (κ1) is 10.7. The molecule has 0 aromatic rings. The highest BCUT2D eigenvalue weighted by Gasteiger charge is 2.39. The summed E-state index contributed by atoms with van der Waals surface area (Å²) in [5.74, 6) is -0.0885. The van der Waals surface area contributed by atoms with Gasteiger partial charge >= 0.3 is 0 Å². The summed E-state index contributed by atoms with van der Waals surface area (Å²) < 4.78 is 25.1. The Hall–Kier alpha value is -0.390. The van der Waals surface area contributed by atoms with Gasteiger partial charge in [0.05, 0.1) is 17.9 Å². The minimum absolute atomic E-state index is 0.0885. The Bertz CT molecular complexity index is 274. The average Bonchev–Trinajstić information content (AvgIpc) is 1.97. The van der Waals surface area contributed by atoms with Gasteiger partial charge < -0.3 is 5.11 Å². The van der Waals surface area contributed by atoms with E-state index in [9.17, 15) is 8.42 Å². The molecule has 0 amide bonds. The Balaban J connectivity index is 2.60. The number of sulfonamides is 1. The fraction of sp³-hybridized carbons (Fsp3) is 0.750. The van der Waals surface area contributed by atoms with E-state index in [-0.39, 0.29) is 12.4 Å². The predicted octanol–water partition coefficient (Wildman–Crippen LogP) is 0.00680. The monoisotopic (exact) mass is 205 g/mol. The summed E-state index contributed by atoms with van der Waals surface area (Å²) in [7, 11) is -3.29. The Morgan fingerprint density at radius 2 is 2.15 bits per heavy atom. The van der Waals surface area contributed by atoms with Crippen LogP contribution in [0.15, 0.2) is 12.7 Å². The maximum absolute atomic E-state index is 11.3. The van der Waals surface area contributed by atoms with Gasteiger partial charge in [-0.15, -0.1) is 6.58 Å². The lowest BCUT2D eigenvalue weighted by Crippen LogP contribution is -2.56. The summed E-state index contributed by atoms with van der Waals surface area (Å²) in [4.78, 5) is 0. The van der Waals surface area contributed by atoms with Gasteiger partial charge in [0.1, 0.15) is 0 Å². The molecule has 2 N–H and O–H groups in total. The van der Waals surface area contributed by atoms with Crippen molar-refractivity contribution < 1.29 is 13.5 Å². The quantitative estimate of drug-likeness (QED) is 0.621. The molecule has 0 bridgehead atoms. The summed E-state index contributed by atoms with van der Waals surface area (Å²) in [6.45, 7) is 3.24. The van der Waals surface area contributed by atoms with Gasteiger partial charge in [0.15, 0.2) is 0 Å². The molecular formula is C8H15NO3S. The van der Waals surface area contributed by atoms with Crippen LogP contribution in [0.4, 0.5) is 0 Å². The molecule has 0 spiro atoms. The number of hydrogen-bond acceptors (Lipinski definition) is 3. The minimum atomic E-state index is -3.29. The molecule has 1 aliphatic carbocycles. The first-order chi connectivity index (χ1) is 6.04. The highest BCUT2D eigenvalue weighted by molar-refractivity contribution is 7.89. The highest BCUT2D eigenvalue weighted by atomic mass is 32.2. The van der Waals surface area contributed by atoms with Crippen molar-refractivity contribution in [1.29, 1.82) is 0 Å². The van der Waals surface area contributed by atoms with E-state index in [1.165, 1.54) is 6.08 Å². The van der Waals surface area contributed by atoms with Gasteiger partial charge in [-0.3, -0.25) is 0 Å². The van der Waals surface area contributed by atoms with Gasteiger partial charge in [0.2, 0.25) is 10.0 Å². The maximum Gasteiger partial charge on any atom is 0.215 e. The number of nitrogens with one attached hydrogen (secondary N) is 1. The largest absolute Gasteiger partial charge is 0.394 e. The molecule has 0 unspecified atom stereocenters. The van der Waals surface area contributed by atoms with E-state index in [4.69, 9.17) is 5.11 Å². The SMILES string of the molecule is C=CCS(=O)(=O)NC1(CO)CCC1. The van der Waals surface area contributed by atoms with E-state index in [1.54, 1.807) is 0 Å². The van der Waals surface area contributed by atoms with E-state index in [0.717, 1.165) is 19.3 Å². The first-order valence-corrected chi connectivity index (χ1v) is 5.92. The summed E-state index contributed by atoms with van der Waals surface area (Å²) in [6, 6.07) is 0. The molecule has 0 heterocycles. The first-order valence-electron chi connectivity index (χ1n) is 4.27. The molecule has 0 aliphatic heterocycles. The van der Waals surface area contributed by atoms with E-state index in [2.05, 4.69) is 11.3 Å². The number of aliphatic hydroxyl groups is 1. The summed E-state index contributed by atoms with van der Waals surface area (Å²) in [5, 5.41) is 9.02. The normalized spacial score (nSPS) is 20.7. The van der Waals surface area contributed by atoms with E-state index >= 15 is 0 Å². The number of aliphatic hydroxyl groups excluding tert-OH is 1. The van der Waals surface area contributed by atoms with Gasteiger partial charge in [0.25, 0.3) is 0 Å². The molecule has 4 nitrogen and oxygen atoms in total. The average molecular weight is 205 g/mol. The highest BCUT2D eigenvalue weighted by Crippen LogP contribution is 2.31. The molecule has 1 fully saturated rings. The third-order valence-corrected chi connectivity index (χ3v) is 3.74. The summed E-state index contributed by atoms with van der Waals surface area (Å²) >= 11 is 0. The smallest absolute Gasteiger partial charge is 0.215 e. The zero-order valence-electron chi connectivity index (χ0n) is 7.49. The van der Waals surface area contributed by atoms with Crippen molar-refractivity contribution >= 4 is 10.0 Å². The Morgan fingerprint density at radius 1 is 1.54 bits per heavy atom.